The van der Waals surface area contributed by atoms with E-state index in [0.29, 0.717) is 11.6 Å². The average Bonchev–Trinajstić information content (AvgIpc) is 3.10. The largest absolute Gasteiger partial charge is 0.367 e. The number of fused-ring (bicyclic) bond motifs is 1. The summed E-state index contributed by atoms with van der Waals surface area (Å²) < 4.78 is 0. The third-order valence-electron chi connectivity index (χ3n) is 4.55. The average molecular weight is 336 g/mol. The molecule has 25 heavy (non-hydrogen) atoms. The van der Waals surface area contributed by atoms with Gasteiger partial charge in [-0.3, -0.25) is 9.78 Å². The third-order valence-corrected chi connectivity index (χ3v) is 4.55. The molecule has 0 unspecified atom stereocenters. The standard InChI is InChI=1S/C18H20N6O/c19-17(25)12-7-11(9-21-10-12)15-8-16(23-13-1-4-20-5-2-13)24-18-14(15)3-6-22-18/h3,6-10,13,20H,1-2,4-5H2,(H2,19,25)(H2,22,23,24). The number of primary amides is 1. The van der Waals surface area contributed by atoms with E-state index >= 15 is 0 Å². The van der Waals surface area contributed by atoms with E-state index in [-0.39, 0.29) is 0 Å². The quantitative estimate of drug-likeness (QED) is 0.582. The second-order valence-corrected chi connectivity index (χ2v) is 6.29. The molecule has 1 amide bonds. The van der Waals surface area contributed by atoms with E-state index in [4.69, 9.17) is 5.73 Å². The first kappa shape index (κ1) is 15.6. The summed E-state index contributed by atoms with van der Waals surface area (Å²) in [7, 11) is 0. The van der Waals surface area contributed by atoms with Gasteiger partial charge in [-0.2, -0.15) is 0 Å². The smallest absolute Gasteiger partial charge is 0.250 e. The Hall–Kier alpha value is -2.93. The molecule has 7 heteroatoms. The minimum absolute atomic E-state index is 0.394. The van der Waals surface area contributed by atoms with E-state index in [1.807, 2.05) is 18.3 Å². The van der Waals surface area contributed by atoms with Crippen LogP contribution in [0.1, 0.15) is 23.2 Å². The minimum atomic E-state index is -0.484. The number of carbonyl (C=O) groups is 1. The zero-order valence-electron chi connectivity index (χ0n) is 13.7. The van der Waals surface area contributed by atoms with Crippen LogP contribution >= 0.6 is 0 Å². The van der Waals surface area contributed by atoms with Crippen molar-refractivity contribution in [3.8, 4) is 11.1 Å². The lowest BCUT2D eigenvalue weighted by Crippen LogP contribution is -2.35. The highest BCUT2D eigenvalue weighted by Gasteiger charge is 2.16. The van der Waals surface area contributed by atoms with Gasteiger partial charge in [0.05, 0.1) is 5.56 Å². The lowest BCUT2D eigenvalue weighted by Gasteiger charge is -2.24. The molecule has 1 saturated heterocycles. The second-order valence-electron chi connectivity index (χ2n) is 6.29. The monoisotopic (exact) mass is 336 g/mol. The van der Waals surface area contributed by atoms with Gasteiger partial charge >= 0.3 is 0 Å². The highest BCUT2D eigenvalue weighted by atomic mass is 16.1. The first-order valence-electron chi connectivity index (χ1n) is 8.41. The molecule has 0 radical (unpaired) electrons. The molecule has 1 fully saturated rings. The molecule has 4 heterocycles. The molecule has 1 aliphatic heterocycles. The minimum Gasteiger partial charge on any atom is -0.367 e. The number of amides is 1. The molecule has 3 aromatic heterocycles. The number of aromatic amines is 1. The van der Waals surface area contributed by atoms with Crippen molar-refractivity contribution in [3.05, 3.63) is 42.4 Å². The van der Waals surface area contributed by atoms with E-state index in [0.717, 1.165) is 53.9 Å². The van der Waals surface area contributed by atoms with Crippen LogP contribution in [0.2, 0.25) is 0 Å². The van der Waals surface area contributed by atoms with E-state index in [1.165, 1.54) is 6.20 Å². The number of nitrogens with one attached hydrogen (secondary N) is 3. The molecule has 7 nitrogen and oxygen atoms in total. The van der Waals surface area contributed by atoms with E-state index < -0.39 is 5.91 Å². The van der Waals surface area contributed by atoms with Gasteiger partial charge < -0.3 is 21.4 Å². The van der Waals surface area contributed by atoms with Crippen molar-refractivity contribution in [2.45, 2.75) is 18.9 Å². The van der Waals surface area contributed by atoms with Crippen molar-refractivity contribution < 1.29 is 4.79 Å². The number of piperidine rings is 1. The van der Waals surface area contributed by atoms with Crippen LogP contribution in [0.25, 0.3) is 22.2 Å². The van der Waals surface area contributed by atoms with E-state index in [2.05, 4.69) is 25.6 Å². The molecule has 0 aromatic carbocycles. The fourth-order valence-corrected chi connectivity index (χ4v) is 3.25. The Balaban J connectivity index is 1.75. The lowest BCUT2D eigenvalue weighted by atomic mass is 10.0. The van der Waals surface area contributed by atoms with Gasteiger partial charge in [0.2, 0.25) is 5.91 Å². The van der Waals surface area contributed by atoms with Gasteiger partial charge in [0.1, 0.15) is 11.5 Å². The van der Waals surface area contributed by atoms with Crippen LogP contribution in [-0.2, 0) is 0 Å². The van der Waals surface area contributed by atoms with Gasteiger partial charge in [-0.25, -0.2) is 4.98 Å². The molecular formula is C18H20N6O. The first-order chi connectivity index (χ1) is 12.2. The van der Waals surface area contributed by atoms with Crippen molar-refractivity contribution in [1.29, 1.82) is 0 Å². The highest BCUT2D eigenvalue weighted by Crippen LogP contribution is 2.30. The van der Waals surface area contributed by atoms with Gasteiger partial charge in [-0.05, 0) is 49.7 Å². The molecule has 0 spiro atoms. The van der Waals surface area contributed by atoms with Gasteiger partial charge in [-0.15, -0.1) is 0 Å². The summed E-state index contributed by atoms with van der Waals surface area (Å²) in [6.07, 6.45) is 7.22. The molecule has 5 N–H and O–H groups in total. The normalized spacial score (nSPS) is 15.4. The van der Waals surface area contributed by atoms with Gasteiger partial charge in [0.25, 0.3) is 0 Å². The predicted octanol–water partition coefficient (Wildman–Crippen LogP) is 1.89. The summed E-state index contributed by atoms with van der Waals surface area (Å²) in [6, 6.07) is 6.16. The number of anilines is 1. The number of nitrogens with zero attached hydrogens (tertiary/aromatic N) is 2. The Labute approximate surface area is 145 Å². The van der Waals surface area contributed by atoms with Crippen molar-refractivity contribution in [1.82, 2.24) is 20.3 Å². The SMILES string of the molecule is NC(=O)c1cncc(-c2cc(NC3CCNCC3)nc3[nH]ccc23)c1. The summed E-state index contributed by atoms with van der Waals surface area (Å²) in [5.41, 5.74) is 8.40. The maximum Gasteiger partial charge on any atom is 0.250 e. The topological polar surface area (TPSA) is 109 Å². The van der Waals surface area contributed by atoms with E-state index in [9.17, 15) is 4.79 Å². The Bertz CT molecular complexity index is 913. The van der Waals surface area contributed by atoms with Crippen molar-refractivity contribution in [3.63, 3.8) is 0 Å². The Morgan fingerprint density at radius 1 is 1.24 bits per heavy atom. The molecule has 0 aliphatic carbocycles. The van der Waals surface area contributed by atoms with Crippen molar-refractivity contribution in [2.24, 2.45) is 5.73 Å². The van der Waals surface area contributed by atoms with Gasteiger partial charge in [0, 0.05) is 35.6 Å². The van der Waals surface area contributed by atoms with Crippen molar-refractivity contribution in [2.75, 3.05) is 18.4 Å². The van der Waals surface area contributed by atoms with Crippen LogP contribution in [0.15, 0.2) is 36.8 Å². The van der Waals surface area contributed by atoms with Gasteiger partial charge in [0.15, 0.2) is 0 Å². The fraction of sp³-hybridized carbons (Fsp3) is 0.278. The number of pyridine rings is 2. The molecular weight excluding hydrogens is 316 g/mol. The lowest BCUT2D eigenvalue weighted by molar-refractivity contribution is 0.1000. The summed E-state index contributed by atoms with van der Waals surface area (Å²) in [5.74, 6) is 0.336. The number of hydrogen-bond acceptors (Lipinski definition) is 5. The molecule has 4 rings (SSSR count). The Morgan fingerprint density at radius 2 is 2.08 bits per heavy atom. The van der Waals surface area contributed by atoms with E-state index in [1.54, 1.807) is 12.3 Å². The zero-order chi connectivity index (χ0) is 17.2. The Kier molecular flexibility index (Phi) is 4.07. The molecule has 1 aliphatic rings. The molecule has 128 valence electrons. The highest BCUT2D eigenvalue weighted by molar-refractivity contribution is 5.98. The van der Waals surface area contributed by atoms with Crippen LogP contribution in [0.3, 0.4) is 0 Å². The zero-order valence-corrected chi connectivity index (χ0v) is 13.7. The predicted molar refractivity (Wildman–Crippen MR) is 97.4 cm³/mol. The van der Waals surface area contributed by atoms with Gasteiger partial charge in [-0.1, -0.05) is 0 Å². The van der Waals surface area contributed by atoms with Crippen LogP contribution in [-0.4, -0.2) is 40.0 Å². The number of carbonyl (C=O) groups excluding carboxylic acids is 1. The molecule has 0 saturated carbocycles. The summed E-state index contributed by atoms with van der Waals surface area (Å²) in [6.45, 7) is 2.03. The maximum absolute atomic E-state index is 11.5. The number of hydrogen-bond donors (Lipinski definition) is 4. The molecule has 0 bridgehead atoms. The van der Waals surface area contributed by atoms with Crippen LogP contribution < -0.4 is 16.4 Å². The number of nitrogens with two attached hydrogens (primary N) is 1. The number of H-pyrrole nitrogens is 1. The van der Waals surface area contributed by atoms with Crippen LogP contribution in [0.4, 0.5) is 5.82 Å². The number of aromatic nitrogens is 3. The fourth-order valence-electron chi connectivity index (χ4n) is 3.25. The Morgan fingerprint density at radius 3 is 2.88 bits per heavy atom. The molecule has 3 aromatic rings. The van der Waals surface area contributed by atoms with Crippen molar-refractivity contribution >= 4 is 22.8 Å². The van der Waals surface area contributed by atoms with Crippen LogP contribution in [0.5, 0.6) is 0 Å². The maximum atomic E-state index is 11.5. The molecule has 0 atom stereocenters. The summed E-state index contributed by atoms with van der Waals surface area (Å²) >= 11 is 0. The third kappa shape index (κ3) is 3.18. The second kappa shape index (κ2) is 6.52. The summed E-state index contributed by atoms with van der Waals surface area (Å²) in [4.78, 5) is 23.5. The van der Waals surface area contributed by atoms with Crippen LogP contribution in [0, 0.1) is 0 Å². The first-order valence-corrected chi connectivity index (χ1v) is 8.41. The summed E-state index contributed by atoms with van der Waals surface area (Å²) in [5, 5.41) is 7.87. The number of rotatable bonds is 4.